The Kier molecular flexibility index (Phi) is 5.61. The maximum atomic E-state index is 13.1. The van der Waals surface area contributed by atoms with E-state index in [9.17, 15) is 9.90 Å². The predicted octanol–water partition coefficient (Wildman–Crippen LogP) is 2.13. The van der Waals surface area contributed by atoms with Crippen molar-refractivity contribution < 1.29 is 9.90 Å². The molecule has 2 aromatic heterocycles. The second kappa shape index (κ2) is 8.09. The maximum Gasteiger partial charge on any atom is 0.254 e. The molecule has 2 heterocycles. The first kappa shape index (κ1) is 18.7. The Bertz CT molecular complexity index is 937. The summed E-state index contributed by atoms with van der Waals surface area (Å²) in [4.78, 5) is 23.2. The molecule has 0 saturated carbocycles. The molecule has 0 atom stereocenters. The smallest absolute Gasteiger partial charge is 0.254 e. The predicted molar refractivity (Wildman–Crippen MR) is 102 cm³/mol. The van der Waals surface area contributed by atoms with E-state index in [4.69, 9.17) is 0 Å². The van der Waals surface area contributed by atoms with Crippen molar-refractivity contribution in [1.82, 2.24) is 24.6 Å². The lowest BCUT2D eigenvalue weighted by atomic mass is 10.1. The number of hydrogen-bond donors (Lipinski definition) is 1. The van der Waals surface area contributed by atoms with E-state index < -0.39 is 0 Å². The second-order valence-corrected chi connectivity index (χ2v) is 6.38. The zero-order valence-corrected chi connectivity index (χ0v) is 15.8. The Labute approximate surface area is 158 Å². The Hall–Kier alpha value is -3.06. The molecule has 0 radical (unpaired) electrons. The molecule has 7 nitrogen and oxygen atoms in total. The van der Waals surface area contributed by atoms with Gasteiger partial charge in [0.1, 0.15) is 0 Å². The molecule has 0 spiro atoms. The molecule has 0 aliphatic rings. The minimum atomic E-state index is -0.149. The van der Waals surface area contributed by atoms with E-state index in [0.29, 0.717) is 17.9 Å². The number of amides is 1. The normalized spacial score (nSPS) is 10.8. The first-order valence-corrected chi connectivity index (χ1v) is 8.78. The van der Waals surface area contributed by atoms with Gasteiger partial charge in [-0.3, -0.25) is 9.48 Å². The summed E-state index contributed by atoms with van der Waals surface area (Å²) in [5.74, 6) is 0.421. The molecule has 1 N–H and O–H groups in total. The van der Waals surface area contributed by atoms with Gasteiger partial charge in [-0.15, -0.1) is 0 Å². The number of benzene rings is 1. The van der Waals surface area contributed by atoms with E-state index in [1.54, 1.807) is 40.2 Å². The van der Waals surface area contributed by atoms with E-state index in [1.807, 2.05) is 33.0 Å². The van der Waals surface area contributed by atoms with Crippen LogP contribution in [0.5, 0.6) is 0 Å². The van der Waals surface area contributed by atoms with Crippen LogP contribution in [-0.4, -0.2) is 48.8 Å². The maximum absolute atomic E-state index is 13.1. The number of hydrogen-bond acceptors (Lipinski definition) is 5. The Morgan fingerprint density at radius 1 is 1.19 bits per heavy atom. The largest absolute Gasteiger partial charge is 0.395 e. The minimum absolute atomic E-state index is 0.106. The molecule has 0 fully saturated rings. The van der Waals surface area contributed by atoms with Crippen LogP contribution in [0.15, 0.2) is 42.7 Å². The topological polar surface area (TPSA) is 84.1 Å². The molecule has 0 aliphatic heterocycles. The van der Waals surface area contributed by atoms with Crippen LogP contribution in [0.4, 0.5) is 0 Å². The summed E-state index contributed by atoms with van der Waals surface area (Å²) in [5.41, 5.74) is 4.21. The number of aliphatic hydroxyl groups excluding tert-OH is 1. The standard InChI is InChI=1S/C20H23N5O2/c1-14-18(15(2)24(3)23-14)13-25(10-11-26)20(27)17-7-4-6-16(12-17)19-21-8-5-9-22-19/h4-9,12,26H,10-11,13H2,1-3H3. The van der Waals surface area contributed by atoms with E-state index >= 15 is 0 Å². The van der Waals surface area contributed by atoms with E-state index in [1.165, 1.54) is 0 Å². The van der Waals surface area contributed by atoms with Crippen LogP contribution >= 0.6 is 0 Å². The van der Waals surface area contributed by atoms with Gasteiger partial charge in [-0.25, -0.2) is 9.97 Å². The van der Waals surface area contributed by atoms with Gasteiger partial charge in [0.2, 0.25) is 0 Å². The summed E-state index contributed by atoms with van der Waals surface area (Å²) < 4.78 is 1.81. The lowest BCUT2D eigenvalue weighted by molar-refractivity contribution is 0.0707. The number of carbonyl (C=O) groups is 1. The van der Waals surface area contributed by atoms with Gasteiger partial charge in [0.05, 0.1) is 12.3 Å². The van der Waals surface area contributed by atoms with Crippen LogP contribution in [0.3, 0.4) is 0 Å². The van der Waals surface area contributed by atoms with Gasteiger partial charge < -0.3 is 10.0 Å². The zero-order chi connectivity index (χ0) is 19.4. The lowest BCUT2D eigenvalue weighted by Crippen LogP contribution is -2.33. The van der Waals surface area contributed by atoms with Crippen molar-refractivity contribution >= 4 is 5.91 Å². The van der Waals surface area contributed by atoms with Crippen LogP contribution in [0.1, 0.15) is 27.3 Å². The fraction of sp³-hybridized carbons (Fsp3) is 0.300. The van der Waals surface area contributed by atoms with Crippen LogP contribution in [-0.2, 0) is 13.6 Å². The number of aliphatic hydroxyl groups is 1. The number of aryl methyl sites for hydroxylation is 2. The van der Waals surface area contributed by atoms with Crippen molar-refractivity contribution in [2.24, 2.45) is 7.05 Å². The molecular weight excluding hydrogens is 342 g/mol. The minimum Gasteiger partial charge on any atom is -0.395 e. The molecule has 7 heteroatoms. The first-order chi connectivity index (χ1) is 13.0. The summed E-state index contributed by atoms with van der Waals surface area (Å²) in [5, 5.41) is 13.9. The van der Waals surface area contributed by atoms with Gasteiger partial charge in [-0.1, -0.05) is 12.1 Å². The highest BCUT2D eigenvalue weighted by molar-refractivity contribution is 5.95. The second-order valence-electron chi connectivity index (χ2n) is 6.38. The molecule has 1 amide bonds. The van der Waals surface area contributed by atoms with Crippen molar-refractivity contribution in [1.29, 1.82) is 0 Å². The van der Waals surface area contributed by atoms with E-state index in [2.05, 4.69) is 15.1 Å². The number of aromatic nitrogens is 4. The number of carbonyl (C=O) groups excluding carboxylic acids is 1. The summed E-state index contributed by atoms with van der Waals surface area (Å²) in [7, 11) is 1.88. The van der Waals surface area contributed by atoms with Crippen molar-refractivity contribution in [3.8, 4) is 11.4 Å². The summed E-state index contributed by atoms with van der Waals surface area (Å²) in [6.07, 6.45) is 3.34. The van der Waals surface area contributed by atoms with Gasteiger partial charge >= 0.3 is 0 Å². The third-order valence-electron chi connectivity index (χ3n) is 4.60. The Morgan fingerprint density at radius 2 is 1.93 bits per heavy atom. The van der Waals surface area contributed by atoms with Crippen LogP contribution in [0.2, 0.25) is 0 Å². The number of rotatable bonds is 6. The molecule has 0 bridgehead atoms. The summed E-state index contributed by atoms with van der Waals surface area (Å²) in [6, 6.07) is 8.99. The molecular formula is C20H23N5O2. The Morgan fingerprint density at radius 3 is 2.56 bits per heavy atom. The van der Waals surface area contributed by atoms with Crippen LogP contribution in [0, 0.1) is 13.8 Å². The highest BCUT2D eigenvalue weighted by Crippen LogP contribution is 2.19. The highest BCUT2D eigenvalue weighted by atomic mass is 16.3. The first-order valence-electron chi connectivity index (χ1n) is 8.78. The summed E-state index contributed by atoms with van der Waals surface area (Å²) >= 11 is 0. The number of nitrogens with zero attached hydrogens (tertiary/aromatic N) is 5. The van der Waals surface area contributed by atoms with Crippen LogP contribution in [0.25, 0.3) is 11.4 Å². The fourth-order valence-electron chi connectivity index (χ4n) is 3.03. The molecule has 0 unspecified atom stereocenters. The molecule has 27 heavy (non-hydrogen) atoms. The average molecular weight is 365 g/mol. The van der Waals surface area contributed by atoms with Crippen molar-refractivity contribution in [3.05, 3.63) is 65.2 Å². The van der Waals surface area contributed by atoms with Gasteiger partial charge in [-0.05, 0) is 32.0 Å². The lowest BCUT2D eigenvalue weighted by Gasteiger charge is -2.22. The van der Waals surface area contributed by atoms with Gasteiger partial charge in [-0.2, -0.15) is 5.10 Å². The highest BCUT2D eigenvalue weighted by Gasteiger charge is 2.20. The monoisotopic (exact) mass is 365 g/mol. The molecule has 0 aliphatic carbocycles. The van der Waals surface area contributed by atoms with Crippen molar-refractivity contribution in [2.45, 2.75) is 20.4 Å². The van der Waals surface area contributed by atoms with Gasteiger partial charge in [0, 0.05) is 54.9 Å². The molecule has 0 saturated heterocycles. The molecule has 3 aromatic rings. The fourth-order valence-corrected chi connectivity index (χ4v) is 3.03. The van der Waals surface area contributed by atoms with Gasteiger partial charge in [0.15, 0.2) is 5.82 Å². The third kappa shape index (κ3) is 4.03. The van der Waals surface area contributed by atoms with Crippen molar-refractivity contribution in [3.63, 3.8) is 0 Å². The quantitative estimate of drug-likeness (QED) is 0.723. The average Bonchev–Trinajstić information content (AvgIpc) is 2.93. The zero-order valence-electron chi connectivity index (χ0n) is 15.8. The molecule has 140 valence electrons. The Balaban J connectivity index is 1.89. The van der Waals surface area contributed by atoms with Gasteiger partial charge in [0.25, 0.3) is 5.91 Å². The van der Waals surface area contributed by atoms with E-state index in [-0.39, 0.29) is 19.1 Å². The van der Waals surface area contributed by atoms with Crippen molar-refractivity contribution in [2.75, 3.05) is 13.2 Å². The SMILES string of the molecule is Cc1nn(C)c(C)c1CN(CCO)C(=O)c1cccc(-c2ncccn2)c1. The summed E-state index contributed by atoms with van der Waals surface area (Å²) in [6.45, 7) is 4.45. The third-order valence-corrected chi connectivity index (χ3v) is 4.60. The van der Waals surface area contributed by atoms with E-state index in [0.717, 1.165) is 22.5 Å². The van der Waals surface area contributed by atoms with Crippen LogP contribution < -0.4 is 0 Å². The molecule has 3 rings (SSSR count). The molecule has 1 aromatic carbocycles.